The van der Waals surface area contributed by atoms with Gasteiger partial charge in [-0.05, 0) is 0 Å². The number of fused-ring (bicyclic) bond motifs is 1. The van der Waals surface area contributed by atoms with Gasteiger partial charge in [-0.1, -0.05) is 11.6 Å². The summed E-state index contributed by atoms with van der Waals surface area (Å²) in [6, 6.07) is 0. The molecule has 2 aromatic rings. The Morgan fingerprint density at radius 2 is 2.11 bits per heavy atom. The summed E-state index contributed by atoms with van der Waals surface area (Å²) in [7, 11) is 1.87. The number of hydrogen-bond donors (Lipinski definition) is 0. The molecule has 2 aromatic heterocycles. The second-order valence-electron chi connectivity index (χ2n) is 4.32. The first-order valence-corrected chi connectivity index (χ1v) is 7.41. The first-order valence-electron chi connectivity index (χ1n) is 5.88. The van der Waals surface area contributed by atoms with Gasteiger partial charge in [0.1, 0.15) is 11.0 Å². The fraction of sp³-hybridized carbons (Fsp3) is 0.545. The number of halogens is 1. The number of hydrogen-bond acceptors (Lipinski definition) is 5. The van der Waals surface area contributed by atoms with E-state index in [4.69, 9.17) is 11.6 Å². The molecule has 1 saturated heterocycles. The van der Waals surface area contributed by atoms with Crippen LogP contribution < -0.4 is 0 Å². The average Bonchev–Trinajstić information content (AvgIpc) is 2.73. The van der Waals surface area contributed by atoms with Crippen molar-refractivity contribution in [2.24, 2.45) is 7.05 Å². The van der Waals surface area contributed by atoms with Crippen molar-refractivity contribution in [3.63, 3.8) is 0 Å². The predicted molar refractivity (Wildman–Crippen MR) is 73.9 cm³/mol. The van der Waals surface area contributed by atoms with Gasteiger partial charge in [0, 0.05) is 31.6 Å². The van der Waals surface area contributed by atoms with E-state index in [1.165, 1.54) is 11.5 Å². The molecule has 5 nitrogen and oxygen atoms in total. The van der Waals surface area contributed by atoms with Crippen LogP contribution in [0.25, 0.3) is 11.0 Å². The van der Waals surface area contributed by atoms with Gasteiger partial charge >= 0.3 is 0 Å². The maximum absolute atomic E-state index is 6.17. The Balaban J connectivity index is 1.89. The van der Waals surface area contributed by atoms with E-state index in [1.54, 1.807) is 10.9 Å². The van der Waals surface area contributed by atoms with Crippen LogP contribution in [0.5, 0.6) is 0 Å². The lowest BCUT2D eigenvalue weighted by molar-refractivity contribution is 0.287. The molecule has 7 heteroatoms. The zero-order valence-corrected chi connectivity index (χ0v) is 11.7. The molecule has 0 bridgehead atoms. The summed E-state index contributed by atoms with van der Waals surface area (Å²) in [4.78, 5) is 11.3. The summed E-state index contributed by atoms with van der Waals surface area (Å²) in [5, 5.41) is 5.47. The van der Waals surface area contributed by atoms with Gasteiger partial charge in [-0.15, -0.1) is 0 Å². The molecule has 0 atom stereocenters. The van der Waals surface area contributed by atoms with E-state index in [9.17, 15) is 0 Å². The Labute approximate surface area is 115 Å². The Morgan fingerprint density at radius 3 is 2.89 bits per heavy atom. The van der Waals surface area contributed by atoms with Crippen LogP contribution in [0.15, 0.2) is 6.20 Å². The summed E-state index contributed by atoms with van der Waals surface area (Å²) in [6.45, 7) is 2.95. The molecule has 0 aliphatic carbocycles. The van der Waals surface area contributed by atoms with Crippen molar-refractivity contribution in [2.45, 2.75) is 6.54 Å². The zero-order valence-electron chi connectivity index (χ0n) is 10.1. The van der Waals surface area contributed by atoms with E-state index < -0.39 is 0 Å². The van der Waals surface area contributed by atoms with Gasteiger partial charge in [-0.2, -0.15) is 16.9 Å². The molecule has 18 heavy (non-hydrogen) atoms. The third-order valence-corrected chi connectivity index (χ3v) is 4.29. The molecule has 1 aliphatic rings. The average molecular weight is 284 g/mol. The van der Waals surface area contributed by atoms with Crippen LogP contribution in [0.4, 0.5) is 0 Å². The highest BCUT2D eigenvalue weighted by molar-refractivity contribution is 7.99. The predicted octanol–water partition coefficient (Wildman–Crippen LogP) is 1.57. The zero-order chi connectivity index (χ0) is 12.5. The second kappa shape index (κ2) is 5.03. The highest BCUT2D eigenvalue weighted by atomic mass is 35.5. The third kappa shape index (κ3) is 2.32. The number of thioether (sulfide) groups is 1. The van der Waals surface area contributed by atoms with Gasteiger partial charge in [0.05, 0.1) is 18.1 Å². The normalized spacial score (nSPS) is 17.4. The first-order chi connectivity index (χ1) is 8.74. The smallest absolute Gasteiger partial charge is 0.162 e. The van der Waals surface area contributed by atoms with Gasteiger partial charge in [0.15, 0.2) is 5.65 Å². The van der Waals surface area contributed by atoms with Crippen LogP contribution in [0.3, 0.4) is 0 Å². The van der Waals surface area contributed by atoms with E-state index in [0.717, 1.165) is 36.5 Å². The maximum atomic E-state index is 6.17. The molecule has 96 valence electrons. The molecule has 0 amide bonds. The molecule has 1 aliphatic heterocycles. The Morgan fingerprint density at radius 1 is 1.33 bits per heavy atom. The number of aryl methyl sites for hydroxylation is 1. The van der Waals surface area contributed by atoms with Crippen LogP contribution in [-0.4, -0.2) is 49.2 Å². The van der Waals surface area contributed by atoms with Gasteiger partial charge in [0.2, 0.25) is 0 Å². The van der Waals surface area contributed by atoms with E-state index in [2.05, 4.69) is 20.0 Å². The third-order valence-electron chi connectivity index (χ3n) is 3.06. The minimum Gasteiger partial charge on any atom is -0.294 e. The lowest BCUT2D eigenvalue weighted by atomic mass is 10.4. The van der Waals surface area contributed by atoms with Crippen molar-refractivity contribution in [1.29, 1.82) is 0 Å². The minimum absolute atomic E-state index is 0.495. The van der Waals surface area contributed by atoms with E-state index in [-0.39, 0.29) is 0 Å². The SMILES string of the molecule is Cn1ncc2c(Cl)nc(CN3CCSCC3)nc21. The van der Waals surface area contributed by atoms with Crippen LogP contribution >= 0.6 is 23.4 Å². The van der Waals surface area contributed by atoms with Crippen LogP contribution in [-0.2, 0) is 13.6 Å². The number of nitrogens with zero attached hydrogens (tertiary/aromatic N) is 5. The number of aromatic nitrogens is 4. The molecule has 0 unspecified atom stereocenters. The summed E-state index contributed by atoms with van der Waals surface area (Å²) < 4.78 is 1.73. The van der Waals surface area contributed by atoms with E-state index >= 15 is 0 Å². The minimum atomic E-state index is 0.495. The monoisotopic (exact) mass is 283 g/mol. The molecule has 0 N–H and O–H groups in total. The maximum Gasteiger partial charge on any atom is 0.162 e. The highest BCUT2D eigenvalue weighted by Crippen LogP contribution is 2.20. The second-order valence-corrected chi connectivity index (χ2v) is 5.91. The van der Waals surface area contributed by atoms with Crippen molar-refractivity contribution < 1.29 is 0 Å². The van der Waals surface area contributed by atoms with Gasteiger partial charge in [-0.3, -0.25) is 9.58 Å². The molecule has 3 heterocycles. The summed E-state index contributed by atoms with van der Waals surface area (Å²) in [5.74, 6) is 3.15. The lowest BCUT2D eigenvalue weighted by Gasteiger charge is -2.25. The molecule has 0 aromatic carbocycles. The van der Waals surface area contributed by atoms with Crippen LogP contribution in [0, 0.1) is 0 Å². The van der Waals surface area contributed by atoms with Crippen molar-refractivity contribution in [3.8, 4) is 0 Å². The molecule has 0 saturated carbocycles. The van der Waals surface area contributed by atoms with Crippen molar-refractivity contribution in [3.05, 3.63) is 17.2 Å². The van der Waals surface area contributed by atoms with Gasteiger partial charge < -0.3 is 0 Å². The summed E-state index contributed by atoms with van der Waals surface area (Å²) in [5.41, 5.74) is 0.802. The Hall–Kier alpha value is -0.850. The molecule has 1 fully saturated rings. The molecule has 0 radical (unpaired) electrons. The molecule has 3 rings (SSSR count). The van der Waals surface area contributed by atoms with Gasteiger partial charge in [0.25, 0.3) is 0 Å². The molecule has 0 spiro atoms. The van der Waals surface area contributed by atoms with Crippen molar-refractivity contribution in [2.75, 3.05) is 24.6 Å². The number of rotatable bonds is 2. The van der Waals surface area contributed by atoms with E-state index in [0.29, 0.717) is 5.15 Å². The quantitative estimate of drug-likeness (QED) is 0.783. The summed E-state index contributed by atoms with van der Waals surface area (Å²) in [6.07, 6.45) is 1.71. The summed E-state index contributed by atoms with van der Waals surface area (Å²) >= 11 is 8.16. The first kappa shape index (κ1) is 12.2. The standard InChI is InChI=1S/C11H14ClN5S/c1-16-11-8(6-13-16)10(12)14-9(15-11)7-17-2-4-18-5-3-17/h6H,2-5,7H2,1H3. The fourth-order valence-electron chi connectivity index (χ4n) is 2.06. The Bertz CT molecular complexity index is 564. The van der Waals surface area contributed by atoms with Crippen molar-refractivity contribution >= 4 is 34.4 Å². The van der Waals surface area contributed by atoms with Crippen LogP contribution in [0.1, 0.15) is 5.82 Å². The Kier molecular flexibility index (Phi) is 3.41. The largest absolute Gasteiger partial charge is 0.294 e. The lowest BCUT2D eigenvalue weighted by Crippen LogP contribution is -2.32. The van der Waals surface area contributed by atoms with Crippen molar-refractivity contribution in [1.82, 2.24) is 24.6 Å². The molecular weight excluding hydrogens is 270 g/mol. The van der Waals surface area contributed by atoms with Gasteiger partial charge in [-0.25, -0.2) is 9.97 Å². The van der Waals surface area contributed by atoms with Crippen LogP contribution in [0.2, 0.25) is 5.15 Å². The fourth-order valence-corrected chi connectivity index (χ4v) is 3.27. The molecular formula is C11H14ClN5S. The highest BCUT2D eigenvalue weighted by Gasteiger charge is 2.15. The van der Waals surface area contributed by atoms with E-state index in [1.807, 2.05) is 18.8 Å². The topological polar surface area (TPSA) is 46.8 Å².